The second-order valence-corrected chi connectivity index (χ2v) is 8.51. The average molecular weight is 463 g/mol. The zero-order valence-corrected chi connectivity index (χ0v) is 18.7. The van der Waals surface area contributed by atoms with Gasteiger partial charge in [0.05, 0.1) is 13.2 Å². The molecule has 0 saturated carbocycles. The average Bonchev–Trinajstić information content (AvgIpc) is 2.63. The van der Waals surface area contributed by atoms with Crippen LogP contribution in [-0.4, -0.2) is 30.3 Å². The Morgan fingerprint density at radius 1 is 1.10 bits per heavy atom. The highest BCUT2D eigenvalue weighted by Gasteiger charge is 2.25. The fourth-order valence-electron chi connectivity index (χ4n) is 2.45. The monoisotopic (exact) mass is 462 g/mol. The summed E-state index contributed by atoms with van der Waals surface area (Å²) >= 11 is 3.44. The normalized spacial score (nSPS) is 12.2. The van der Waals surface area contributed by atoms with E-state index in [1.165, 1.54) is 0 Å². The highest BCUT2D eigenvalue weighted by atomic mass is 79.9. The molecule has 0 aliphatic carbocycles. The molecule has 0 fully saturated rings. The second-order valence-electron chi connectivity index (χ2n) is 7.65. The summed E-state index contributed by atoms with van der Waals surface area (Å²) in [5.74, 6) is -0.384. The molecule has 0 aliphatic rings. The predicted molar refractivity (Wildman–Crippen MR) is 117 cm³/mol. The summed E-state index contributed by atoms with van der Waals surface area (Å²) in [4.78, 5) is 25.0. The Kier molecular flexibility index (Phi) is 8.22. The molecule has 2 amide bonds. The van der Waals surface area contributed by atoms with Crippen molar-refractivity contribution in [3.63, 3.8) is 0 Å². The molecule has 0 aromatic heterocycles. The highest BCUT2D eigenvalue weighted by molar-refractivity contribution is 9.10. The Morgan fingerprint density at radius 3 is 2.41 bits per heavy atom. The lowest BCUT2D eigenvalue weighted by molar-refractivity contribution is -0.119. The summed E-state index contributed by atoms with van der Waals surface area (Å²) in [5, 5.41) is 5.42. The molecule has 0 bridgehead atoms. The number of alkyl carbamates (subject to hydrolysis) is 1. The van der Waals surface area contributed by atoms with Crippen LogP contribution in [0.5, 0.6) is 0 Å². The Bertz CT molecular complexity index is 834. The largest absolute Gasteiger partial charge is 0.444 e. The number of aryl methyl sites for hydroxylation is 1. The minimum absolute atomic E-state index is 0.00941. The number of carbonyl (C=O) groups excluding carboxylic acids is 2. The number of carbonyl (C=O) groups is 2. The first-order valence-electron chi connectivity index (χ1n) is 9.32. The van der Waals surface area contributed by atoms with Crippen molar-refractivity contribution < 1.29 is 19.1 Å². The fraction of sp³-hybridized carbons (Fsp3) is 0.364. The number of halogens is 1. The van der Waals surface area contributed by atoms with E-state index in [-0.39, 0.29) is 12.5 Å². The van der Waals surface area contributed by atoms with Crippen LogP contribution in [0.3, 0.4) is 0 Å². The highest BCUT2D eigenvalue weighted by Crippen LogP contribution is 2.20. The third kappa shape index (κ3) is 8.25. The van der Waals surface area contributed by atoms with Crippen molar-refractivity contribution in [1.29, 1.82) is 0 Å². The van der Waals surface area contributed by atoms with Crippen LogP contribution in [0.1, 0.15) is 31.9 Å². The Hall–Kier alpha value is -2.38. The zero-order chi connectivity index (χ0) is 21.4. The molecule has 0 unspecified atom stereocenters. The molecular weight excluding hydrogens is 436 g/mol. The molecule has 156 valence electrons. The number of nitrogens with one attached hydrogen (secondary N) is 2. The SMILES string of the molecule is Cc1cc(NC(=O)[C@H](COCc2ccccc2)NC(=O)OC(C)(C)C)ccc1Br. The molecule has 0 heterocycles. The van der Waals surface area contributed by atoms with Gasteiger partial charge < -0.3 is 20.1 Å². The Labute approximate surface area is 180 Å². The summed E-state index contributed by atoms with van der Waals surface area (Å²) < 4.78 is 11.9. The lowest BCUT2D eigenvalue weighted by Crippen LogP contribution is -2.48. The van der Waals surface area contributed by atoms with E-state index in [4.69, 9.17) is 9.47 Å². The molecule has 1 atom stereocenters. The van der Waals surface area contributed by atoms with E-state index in [1.54, 1.807) is 26.8 Å². The van der Waals surface area contributed by atoms with Crippen molar-refractivity contribution in [3.8, 4) is 0 Å². The van der Waals surface area contributed by atoms with Gasteiger partial charge in [0.15, 0.2) is 0 Å². The number of ether oxygens (including phenoxy) is 2. The molecule has 0 saturated heterocycles. The van der Waals surface area contributed by atoms with Crippen LogP contribution in [0.25, 0.3) is 0 Å². The summed E-state index contributed by atoms with van der Waals surface area (Å²) in [7, 11) is 0. The van der Waals surface area contributed by atoms with E-state index in [0.717, 1.165) is 15.6 Å². The number of benzene rings is 2. The molecule has 6 nitrogen and oxygen atoms in total. The Morgan fingerprint density at radius 2 is 1.79 bits per heavy atom. The summed E-state index contributed by atoms with van der Waals surface area (Å²) in [6, 6.07) is 14.2. The van der Waals surface area contributed by atoms with Gasteiger partial charge in [-0.05, 0) is 57.0 Å². The van der Waals surface area contributed by atoms with Gasteiger partial charge in [-0.3, -0.25) is 4.79 Å². The minimum atomic E-state index is -0.905. The van der Waals surface area contributed by atoms with E-state index in [0.29, 0.717) is 12.3 Å². The first-order valence-corrected chi connectivity index (χ1v) is 10.1. The van der Waals surface area contributed by atoms with Crippen LogP contribution >= 0.6 is 15.9 Å². The third-order valence-corrected chi connectivity index (χ3v) is 4.72. The van der Waals surface area contributed by atoms with Crippen LogP contribution in [0, 0.1) is 6.92 Å². The van der Waals surface area contributed by atoms with Gasteiger partial charge in [-0.1, -0.05) is 46.3 Å². The molecular formula is C22H27BrN2O4. The predicted octanol–water partition coefficient (Wildman–Crippen LogP) is 4.81. The molecule has 0 radical (unpaired) electrons. The van der Waals surface area contributed by atoms with Gasteiger partial charge in [-0.25, -0.2) is 4.79 Å². The van der Waals surface area contributed by atoms with Gasteiger partial charge in [-0.2, -0.15) is 0 Å². The molecule has 2 rings (SSSR count). The van der Waals surface area contributed by atoms with Gasteiger partial charge in [0.1, 0.15) is 11.6 Å². The van der Waals surface area contributed by atoms with E-state index >= 15 is 0 Å². The standard InChI is InChI=1S/C22H27BrN2O4/c1-15-12-17(10-11-18(15)23)24-20(26)19(25-21(27)29-22(2,3)4)14-28-13-16-8-6-5-7-9-16/h5-12,19H,13-14H2,1-4H3,(H,24,26)(H,25,27)/t19-/m0/s1. The molecule has 2 aromatic rings. The zero-order valence-electron chi connectivity index (χ0n) is 17.1. The van der Waals surface area contributed by atoms with Crippen molar-refractivity contribution >= 4 is 33.6 Å². The van der Waals surface area contributed by atoms with E-state index in [2.05, 4.69) is 26.6 Å². The second kappa shape index (κ2) is 10.4. The van der Waals surface area contributed by atoms with Crippen LogP contribution in [0.4, 0.5) is 10.5 Å². The maximum Gasteiger partial charge on any atom is 0.408 e. The number of anilines is 1. The maximum absolute atomic E-state index is 12.8. The van der Waals surface area contributed by atoms with Crippen molar-refractivity contribution in [2.45, 2.75) is 45.9 Å². The smallest absolute Gasteiger partial charge is 0.408 e. The van der Waals surface area contributed by atoms with Crippen LogP contribution in [0.2, 0.25) is 0 Å². The molecule has 2 aromatic carbocycles. The van der Waals surface area contributed by atoms with Crippen molar-refractivity contribution in [2.24, 2.45) is 0 Å². The number of rotatable bonds is 7. The van der Waals surface area contributed by atoms with Gasteiger partial charge >= 0.3 is 6.09 Å². The van der Waals surface area contributed by atoms with Gasteiger partial charge in [0.2, 0.25) is 5.91 Å². The lowest BCUT2D eigenvalue weighted by Gasteiger charge is -2.23. The summed E-state index contributed by atoms with van der Waals surface area (Å²) in [6.07, 6.45) is -0.673. The Balaban J connectivity index is 2.03. The molecule has 0 aliphatic heterocycles. The first-order chi connectivity index (χ1) is 13.6. The fourth-order valence-corrected chi connectivity index (χ4v) is 2.70. The van der Waals surface area contributed by atoms with E-state index in [1.807, 2.05) is 49.4 Å². The van der Waals surface area contributed by atoms with Gasteiger partial charge in [-0.15, -0.1) is 0 Å². The van der Waals surface area contributed by atoms with Crippen molar-refractivity contribution in [3.05, 3.63) is 64.1 Å². The topological polar surface area (TPSA) is 76.7 Å². The molecule has 0 spiro atoms. The van der Waals surface area contributed by atoms with Gasteiger partial charge in [0.25, 0.3) is 0 Å². The summed E-state index contributed by atoms with van der Waals surface area (Å²) in [6.45, 7) is 7.56. The molecule has 29 heavy (non-hydrogen) atoms. The number of hydrogen-bond acceptors (Lipinski definition) is 4. The van der Waals surface area contributed by atoms with Gasteiger partial charge in [0, 0.05) is 10.2 Å². The van der Waals surface area contributed by atoms with Crippen molar-refractivity contribution in [2.75, 3.05) is 11.9 Å². The van der Waals surface area contributed by atoms with Crippen LogP contribution in [0.15, 0.2) is 53.0 Å². The summed E-state index contributed by atoms with van der Waals surface area (Å²) in [5.41, 5.74) is 1.93. The molecule has 7 heteroatoms. The lowest BCUT2D eigenvalue weighted by atomic mass is 10.2. The van der Waals surface area contributed by atoms with E-state index in [9.17, 15) is 9.59 Å². The molecule has 2 N–H and O–H groups in total. The quantitative estimate of drug-likeness (QED) is 0.618. The van der Waals surface area contributed by atoms with Crippen LogP contribution < -0.4 is 10.6 Å². The first kappa shape index (κ1) is 22.9. The number of hydrogen-bond donors (Lipinski definition) is 2. The van der Waals surface area contributed by atoms with Crippen molar-refractivity contribution in [1.82, 2.24) is 5.32 Å². The van der Waals surface area contributed by atoms with E-state index < -0.39 is 17.7 Å². The maximum atomic E-state index is 12.8. The number of amides is 2. The minimum Gasteiger partial charge on any atom is -0.444 e. The third-order valence-electron chi connectivity index (χ3n) is 3.83. The van der Waals surface area contributed by atoms with Crippen LogP contribution in [-0.2, 0) is 20.9 Å².